The summed E-state index contributed by atoms with van der Waals surface area (Å²) in [5.41, 5.74) is 7.33. The molecule has 3 aliphatic heterocycles. The Morgan fingerprint density at radius 3 is 2.79 bits per heavy atom. The topological polar surface area (TPSA) is 65.7 Å². The maximum Gasteiger partial charge on any atom is 0.210 e. The molecule has 2 bridgehead atoms. The van der Waals surface area contributed by atoms with E-state index in [2.05, 4.69) is 27.6 Å². The van der Waals surface area contributed by atoms with Gasteiger partial charge in [0.2, 0.25) is 5.79 Å². The molecule has 3 heterocycles. The number of nitrogens with one attached hydrogen (secondary N) is 2. The SMILES string of the molecule is CN1C2CCC1CC(NC1=CC=NC(N)(c3cccc(Cl)c3)N1)C2. The molecule has 24 heavy (non-hydrogen) atoms. The number of nitrogens with zero attached hydrogens (tertiary/aromatic N) is 2. The van der Waals surface area contributed by atoms with Crippen LogP contribution in [0.5, 0.6) is 0 Å². The summed E-state index contributed by atoms with van der Waals surface area (Å²) in [6, 6.07) is 9.41. The van der Waals surface area contributed by atoms with Gasteiger partial charge in [-0.3, -0.25) is 5.73 Å². The number of aliphatic imine (C=N–C) groups is 1. The summed E-state index contributed by atoms with van der Waals surface area (Å²) < 4.78 is 0. The third kappa shape index (κ3) is 2.92. The molecule has 0 spiro atoms. The van der Waals surface area contributed by atoms with E-state index in [4.69, 9.17) is 17.3 Å². The van der Waals surface area contributed by atoms with Gasteiger partial charge in [0.1, 0.15) is 5.82 Å². The van der Waals surface area contributed by atoms with Crippen molar-refractivity contribution in [3.8, 4) is 0 Å². The lowest BCUT2D eigenvalue weighted by Gasteiger charge is -2.39. The zero-order valence-corrected chi connectivity index (χ0v) is 14.6. The number of halogens is 1. The van der Waals surface area contributed by atoms with Crippen LogP contribution in [-0.2, 0) is 5.79 Å². The number of allylic oxidation sites excluding steroid dienone is 1. The maximum atomic E-state index is 6.48. The molecule has 1 aromatic carbocycles. The Morgan fingerprint density at radius 1 is 1.33 bits per heavy atom. The minimum Gasteiger partial charge on any atom is -0.369 e. The maximum absolute atomic E-state index is 6.48. The van der Waals surface area contributed by atoms with E-state index in [9.17, 15) is 0 Å². The van der Waals surface area contributed by atoms with Gasteiger partial charge in [0, 0.05) is 34.9 Å². The van der Waals surface area contributed by atoms with Crippen LogP contribution < -0.4 is 16.4 Å². The lowest BCUT2D eigenvalue weighted by molar-refractivity contribution is 0.151. The number of nitrogens with two attached hydrogens (primary N) is 1. The van der Waals surface area contributed by atoms with Gasteiger partial charge in [-0.1, -0.05) is 23.7 Å². The summed E-state index contributed by atoms with van der Waals surface area (Å²) in [5, 5.41) is 7.64. The Labute approximate surface area is 148 Å². The molecular weight excluding hydrogens is 322 g/mol. The van der Waals surface area contributed by atoms with Crippen LogP contribution in [0.2, 0.25) is 5.02 Å². The molecule has 128 valence electrons. The zero-order chi connectivity index (χ0) is 16.7. The van der Waals surface area contributed by atoms with Gasteiger partial charge in [-0.25, -0.2) is 4.99 Å². The van der Waals surface area contributed by atoms with Gasteiger partial charge in [-0.15, -0.1) is 0 Å². The monoisotopic (exact) mass is 345 g/mol. The number of piperidine rings is 1. The van der Waals surface area contributed by atoms with Gasteiger partial charge in [0.05, 0.1) is 0 Å². The van der Waals surface area contributed by atoms with Crippen LogP contribution >= 0.6 is 11.6 Å². The fourth-order valence-electron chi connectivity index (χ4n) is 4.21. The van der Waals surface area contributed by atoms with Crippen molar-refractivity contribution in [2.75, 3.05) is 7.05 Å². The molecule has 0 saturated carbocycles. The van der Waals surface area contributed by atoms with Gasteiger partial charge in [-0.05, 0) is 50.9 Å². The highest BCUT2D eigenvalue weighted by atomic mass is 35.5. The second-order valence-corrected chi connectivity index (χ2v) is 7.56. The standard InChI is InChI=1S/C18H24ClN5/c1-24-15-5-6-16(24)11-14(10-15)22-17-7-8-21-18(20,23-17)12-3-2-4-13(19)9-12/h2-4,7-9,14-16,22-23H,5-6,10-11,20H2,1H3. The Balaban J connectivity index is 1.46. The van der Waals surface area contributed by atoms with E-state index in [0.717, 1.165) is 11.4 Å². The van der Waals surface area contributed by atoms with Crippen molar-refractivity contribution in [3.05, 3.63) is 46.7 Å². The quantitative estimate of drug-likeness (QED) is 0.785. The fourth-order valence-corrected chi connectivity index (χ4v) is 4.40. The van der Waals surface area contributed by atoms with Crippen LogP contribution in [0.3, 0.4) is 0 Å². The van der Waals surface area contributed by atoms with Crippen molar-refractivity contribution in [1.82, 2.24) is 15.5 Å². The Kier molecular flexibility index (Phi) is 4.03. The van der Waals surface area contributed by atoms with E-state index in [1.54, 1.807) is 6.21 Å². The van der Waals surface area contributed by atoms with E-state index >= 15 is 0 Å². The Hall–Kier alpha value is -1.56. The van der Waals surface area contributed by atoms with E-state index in [1.807, 2.05) is 30.3 Å². The molecule has 3 aliphatic rings. The van der Waals surface area contributed by atoms with E-state index in [1.165, 1.54) is 25.7 Å². The molecule has 3 atom stereocenters. The molecular formula is C18H24ClN5. The predicted molar refractivity (Wildman–Crippen MR) is 97.8 cm³/mol. The van der Waals surface area contributed by atoms with Crippen LogP contribution in [0.15, 0.2) is 41.2 Å². The third-order valence-electron chi connectivity index (χ3n) is 5.57. The van der Waals surface area contributed by atoms with Crippen molar-refractivity contribution in [3.63, 3.8) is 0 Å². The number of hydrogen-bond donors (Lipinski definition) is 3. The summed E-state index contributed by atoms with van der Waals surface area (Å²) in [7, 11) is 2.26. The highest BCUT2D eigenvalue weighted by Gasteiger charge is 2.39. The molecule has 2 saturated heterocycles. The van der Waals surface area contributed by atoms with Crippen LogP contribution in [0.25, 0.3) is 0 Å². The van der Waals surface area contributed by atoms with Crippen molar-refractivity contribution < 1.29 is 0 Å². The molecule has 4 N–H and O–H groups in total. The van der Waals surface area contributed by atoms with Gasteiger partial charge in [-0.2, -0.15) is 0 Å². The number of benzene rings is 1. The molecule has 0 aromatic heterocycles. The Morgan fingerprint density at radius 2 is 2.08 bits per heavy atom. The first-order chi connectivity index (χ1) is 11.5. The average molecular weight is 346 g/mol. The summed E-state index contributed by atoms with van der Waals surface area (Å²) >= 11 is 6.10. The van der Waals surface area contributed by atoms with Gasteiger partial charge in [0.25, 0.3) is 0 Å². The summed E-state index contributed by atoms with van der Waals surface area (Å²) in [5.74, 6) is -0.0479. The largest absolute Gasteiger partial charge is 0.369 e. The number of rotatable bonds is 3. The van der Waals surface area contributed by atoms with Crippen LogP contribution in [0.4, 0.5) is 0 Å². The first-order valence-corrected chi connectivity index (χ1v) is 8.98. The molecule has 1 aromatic rings. The molecule has 2 fully saturated rings. The second-order valence-electron chi connectivity index (χ2n) is 7.12. The van der Waals surface area contributed by atoms with Crippen molar-refractivity contribution in [2.24, 2.45) is 10.7 Å². The molecule has 0 radical (unpaired) electrons. The van der Waals surface area contributed by atoms with Gasteiger partial charge < -0.3 is 15.5 Å². The van der Waals surface area contributed by atoms with Crippen LogP contribution in [0.1, 0.15) is 31.2 Å². The van der Waals surface area contributed by atoms with E-state index < -0.39 is 5.79 Å². The predicted octanol–water partition coefficient (Wildman–Crippen LogP) is 2.14. The highest BCUT2D eigenvalue weighted by Crippen LogP contribution is 2.34. The molecule has 4 rings (SSSR count). The van der Waals surface area contributed by atoms with Crippen molar-refractivity contribution in [1.29, 1.82) is 0 Å². The van der Waals surface area contributed by atoms with Crippen LogP contribution in [0, 0.1) is 0 Å². The lowest BCUT2D eigenvalue weighted by Crippen LogP contribution is -2.55. The van der Waals surface area contributed by atoms with Gasteiger partial charge in [0.15, 0.2) is 0 Å². The lowest BCUT2D eigenvalue weighted by atomic mass is 9.98. The number of fused-ring (bicyclic) bond motifs is 2. The van der Waals surface area contributed by atoms with E-state index in [0.29, 0.717) is 23.1 Å². The molecule has 5 nitrogen and oxygen atoms in total. The number of hydrogen-bond acceptors (Lipinski definition) is 5. The summed E-state index contributed by atoms with van der Waals surface area (Å²) in [6.45, 7) is 0. The second kappa shape index (κ2) is 6.06. The minimum absolute atomic E-state index is 0.479. The molecule has 0 amide bonds. The smallest absolute Gasteiger partial charge is 0.210 e. The molecule has 0 aliphatic carbocycles. The molecule has 6 heteroatoms. The van der Waals surface area contributed by atoms with E-state index in [-0.39, 0.29) is 0 Å². The van der Waals surface area contributed by atoms with Gasteiger partial charge >= 0.3 is 0 Å². The Bertz CT molecular complexity index is 674. The first kappa shape index (κ1) is 15.9. The molecule has 3 unspecified atom stereocenters. The summed E-state index contributed by atoms with van der Waals surface area (Å²) in [4.78, 5) is 6.97. The average Bonchev–Trinajstić information content (AvgIpc) is 2.77. The zero-order valence-electron chi connectivity index (χ0n) is 13.9. The third-order valence-corrected chi connectivity index (χ3v) is 5.80. The normalized spacial score (nSPS) is 35.5. The van der Waals surface area contributed by atoms with Crippen molar-refractivity contribution >= 4 is 17.8 Å². The summed E-state index contributed by atoms with van der Waals surface area (Å²) in [6.07, 6.45) is 8.71. The highest BCUT2D eigenvalue weighted by molar-refractivity contribution is 6.30. The minimum atomic E-state index is -0.980. The first-order valence-electron chi connectivity index (χ1n) is 8.60. The van der Waals surface area contributed by atoms with Crippen molar-refractivity contribution in [2.45, 2.75) is 49.6 Å². The fraction of sp³-hybridized carbons (Fsp3) is 0.500. The van der Waals surface area contributed by atoms with Crippen LogP contribution in [-0.4, -0.2) is 36.3 Å².